The summed E-state index contributed by atoms with van der Waals surface area (Å²) in [6.45, 7) is 1.46. The second-order valence-corrected chi connectivity index (χ2v) is 8.06. The summed E-state index contributed by atoms with van der Waals surface area (Å²) in [5.41, 5.74) is 3.51. The van der Waals surface area contributed by atoms with Crippen LogP contribution >= 0.6 is 0 Å². The van der Waals surface area contributed by atoms with Crippen molar-refractivity contribution in [2.45, 2.75) is 31.4 Å². The fourth-order valence-corrected chi connectivity index (χ4v) is 4.73. The van der Waals surface area contributed by atoms with Crippen LogP contribution in [-0.2, 0) is 5.72 Å². The third-order valence-corrected chi connectivity index (χ3v) is 6.25. The standard InChI is InChI=1S/C26H27N2O/c29-26(23-17-15-22(16-18-23)21-10-4-1-5-11-21)20-27(24-12-6-2-7-13-24)25-14-8-3-9-19-28(25)26/h1-2,4-7,10-13,15-18,29H,3,8-9,14,19-20H2/q+1. The number of anilines is 1. The lowest BCUT2D eigenvalue weighted by molar-refractivity contribution is -0.658. The maximum atomic E-state index is 11.9. The van der Waals surface area contributed by atoms with Crippen molar-refractivity contribution >= 4 is 11.5 Å². The molecule has 29 heavy (non-hydrogen) atoms. The Morgan fingerprint density at radius 3 is 2.10 bits per heavy atom. The Kier molecular flexibility index (Phi) is 4.69. The van der Waals surface area contributed by atoms with Crippen LogP contribution in [0.15, 0.2) is 84.9 Å². The summed E-state index contributed by atoms with van der Waals surface area (Å²) in [6.07, 6.45) is 4.53. The van der Waals surface area contributed by atoms with Crippen LogP contribution in [0.1, 0.15) is 31.2 Å². The van der Waals surface area contributed by atoms with Gasteiger partial charge in [-0.2, -0.15) is 0 Å². The lowest BCUT2D eigenvalue weighted by atomic mass is 9.98. The molecule has 0 aliphatic carbocycles. The number of hydrogen-bond donors (Lipinski definition) is 1. The van der Waals surface area contributed by atoms with Gasteiger partial charge in [-0.15, -0.1) is 0 Å². The molecule has 3 aromatic rings. The van der Waals surface area contributed by atoms with Gasteiger partial charge in [-0.1, -0.05) is 72.8 Å². The van der Waals surface area contributed by atoms with Gasteiger partial charge in [0.1, 0.15) is 5.69 Å². The largest absolute Gasteiger partial charge is 0.346 e. The Balaban J connectivity index is 1.54. The molecule has 0 aromatic heterocycles. The van der Waals surface area contributed by atoms with Gasteiger partial charge in [0.15, 0.2) is 6.54 Å². The molecule has 0 saturated carbocycles. The highest BCUT2D eigenvalue weighted by molar-refractivity contribution is 5.95. The van der Waals surface area contributed by atoms with E-state index in [1.807, 2.05) is 12.1 Å². The summed E-state index contributed by atoms with van der Waals surface area (Å²) in [5.74, 6) is 1.25. The zero-order valence-corrected chi connectivity index (χ0v) is 16.7. The monoisotopic (exact) mass is 383 g/mol. The van der Waals surface area contributed by atoms with E-state index in [0.717, 1.165) is 30.6 Å². The van der Waals surface area contributed by atoms with Gasteiger partial charge in [-0.05, 0) is 42.5 Å². The van der Waals surface area contributed by atoms with Crippen molar-refractivity contribution in [2.75, 3.05) is 18.0 Å². The summed E-state index contributed by atoms with van der Waals surface area (Å²) in [7, 11) is 0. The average molecular weight is 384 g/mol. The zero-order chi connectivity index (χ0) is 19.7. The van der Waals surface area contributed by atoms with Crippen LogP contribution in [0.5, 0.6) is 0 Å². The highest BCUT2D eigenvalue weighted by Crippen LogP contribution is 2.36. The van der Waals surface area contributed by atoms with Crippen LogP contribution in [0.25, 0.3) is 11.1 Å². The molecule has 0 bridgehead atoms. The third kappa shape index (κ3) is 3.26. The first-order valence-corrected chi connectivity index (χ1v) is 10.6. The summed E-state index contributed by atoms with van der Waals surface area (Å²) in [4.78, 5) is 2.32. The summed E-state index contributed by atoms with van der Waals surface area (Å²) >= 11 is 0. The Morgan fingerprint density at radius 2 is 1.38 bits per heavy atom. The van der Waals surface area contributed by atoms with Crippen molar-refractivity contribution in [1.29, 1.82) is 0 Å². The minimum absolute atomic E-state index is 0.566. The Morgan fingerprint density at radius 1 is 0.724 bits per heavy atom. The number of aliphatic hydroxyl groups is 1. The van der Waals surface area contributed by atoms with E-state index in [9.17, 15) is 5.11 Å². The molecule has 3 heteroatoms. The molecule has 5 rings (SSSR count). The normalized spacial score (nSPS) is 21.8. The number of rotatable bonds is 3. The van der Waals surface area contributed by atoms with Crippen molar-refractivity contribution in [3.8, 4) is 11.1 Å². The van der Waals surface area contributed by atoms with Gasteiger partial charge in [0.2, 0.25) is 0 Å². The van der Waals surface area contributed by atoms with Crippen LogP contribution in [0.4, 0.5) is 5.69 Å². The lowest BCUT2D eigenvalue weighted by Gasteiger charge is -2.24. The maximum Gasteiger partial charge on any atom is 0.271 e. The molecule has 3 nitrogen and oxygen atoms in total. The van der Waals surface area contributed by atoms with E-state index in [2.05, 4.69) is 82.3 Å². The fraction of sp³-hybridized carbons (Fsp3) is 0.269. The number of amidine groups is 1. The van der Waals surface area contributed by atoms with Crippen molar-refractivity contribution in [3.05, 3.63) is 90.5 Å². The molecule has 0 spiro atoms. The second kappa shape index (κ2) is 7.49. The van der Waals surface area contributed by atoms with Crippen LogP contribution in [0.2, 0.25) is 0 Å². The average Bonchev–Trinajstić information content (AvgIpc) is 2.93. The van der Waals surface area contributed by atoms with Gasteiger partial charge < -0.3 is 5.11 Å². The van der Waals surface area contributed by atoms with Gasteiger partial charge in [0.05, 0.1) is 6.54 Å². The molecule has 2 aliphatic rings. The molecular weight excluding hydrogens is 356 g/mol. The Labute approximate surface area is 172 Å². The number of nitrogens with zero attached hydrogens (tertiary/aromatic N) is 2. The van der Waals surface area contributed by atoms with E-state index in [4.69, 9.17) is 0 Å². The van der Waals surface area contributed by atoms with E-state index in [-0.39, 0.29) is 0 Å². The summed E-state index contributed by atoms with van der Waals surface area (Å²) in [5, 5.41) is 11.9. The van der Waals surface area contributed by atoms with Gasteiger partial charge in [0, 0.05) is 12.0 Å². The topological polar surface area (TPSA) is 26.5 Å². The number of benzene rings is 3. The molecule has 0 radical (unpaired) electrons. The number of para-hydroxylation sites is 1. The minimum Gasteiger partial charge on any atom is -0.346 e. The lowest BCUT2D eigenvalue weighted by Crippen LogP contribution is -2.41. The van der Waals surface area contributed by atoms with Crippen LogP contribution < -0.4 is 4.90 Å². The van der Waals surface area contributed by atoms with Gasteiger partial charge in [-0.25, -0.2) is 9.48 Å². The van der Waals surface area contributed by atoms with Crippen LogP contribution in [0.3, 0.4) is 0 Å². The molecule has 2 heterocycles. The quantitative estimate of drug-likeness (QED) is 0.644. The Hall–Kier alpha value is -2.91. The van der Waals surface area contributed by atoms with E-state index < -0.39 is 5.72 Å². The SMILES string of the molecule is OC1(c2ccc(-c3ccccc3)cc2)CN(c2ccccc2)C2=[N+]1CCCCC2. The molecule has 2 aliphatic heterocycles. The van der Waals surface area contributed by atoms with Crippen molar-refractivity contribution < 1.29 is 9.68 Å². The van der Waals surface area contributed by atoms with E-state index >= 15 is 0 Å². The predicted octanol–water partition coefficient (Wildman–Crippen LogP) is 5.00. The molecule has 1 atom stereocenters. The molecule has 0 fully saturated rings. The highest BCUT2D eigenvalue weighted by atomic mass is 16.3. The third-order valence-electron chi connectivity index (χ3n) is 6.25. The van der Waals surface area contributed by atoms with Crippen molar-refractivity contribution in [2.24, 2.45) is 0 Å². The molecule has 1 unspecified atom stereocenters. The van der Waals surface area contributed by atoms with Gasteiger partial charge >= 0.3 is 0 Å². The molecule has 3 aromatic carbocycles. The van der Waals surface area contributed by atoms with Crippen LogP contribution in [-0.4, -0.2) is 28.6 Å². The van der Waals surface area contributed by atoms with E-state index in [1.54, 1.807) is 0 Å². The number of hydrogen-bond acceptors (Lipinski definition) is 2. The van der Waals surface area contributed by atoms with Crippen molar-refractivity contribution in [1.82, 2.24) is 0 Å². The first kappa shape index (κ1) is 18.1. The Bertz CT molecular complexity index is 1010. The number of β-amino-alcohol motifs (C(OH)–C–C–N with tert-alkyl or cyclic N) is 1. The summed E-state index contributed by atoms with van der Waals surface area (Å²) in [6, 6.07) is 29.3. The molecular formula is C26H27N2O+. The molecule has 0 amide bonds. The predicted molar refractivity (Wildman–Crippen MR) is 118 cm³/mol. The smallest absolute Gasteiger partial charge is 0.271 e. The van der Waals surface area contributed by atoms with Crippen LogP contribution in [0, 0.1) is 0 Å². The van der Waals surface area contributed by atoms with Crippen molar-refractivity contribution in [3.63, 3.8) is 0 Å². The second-order valence-electron chi connectivity index (χ2n) is 8.06. The summed E-state index contributed by atoms with van der Waals surface area (Å²) < 4.78 is 2.25. The zero-order valence-electron chi connectivity index (χ0n) is 16.7. The van der Waals surface area contributed by atoms with Gasteiger partial charge in [-0.3, -0.25) is 0 Å². The molecule has 0 saturated heterocycles. The van der Waals surface area contributed by atoms with E-state index in [1.165, 1.54) is 29.8 Å². The molecule has 146 valence electrons. The highest BCUT2D eigenvalue weighted by Gasteiger charge is 2.51. The maximum absolute atomic E-state index is 11.9. The molecule has 1 N–H and O–H groups in total. The minimum atomic E-state index is -0.995. The van der Waals surface area contributed by atoms with Gasteiger partial charge in [0.25, 0.3) is 11.6 Å². The first-order chi connectivity index (χ1) is 14.3. The van der Waals surface area contributed by atoms with E-state index in [0.29, 0.717) is 6.54 Å². The fourth-order valence-electron chi connectivity index (χ4n) is 4.73. The first-order valence-electron chi connectivity index (χ1n) is 10.6.